The lowest BCUT2D eigenvalue weighted by atomic mass is 10.0. The highest BCUT2D eigenvalue weighted by Crippen LogP contribution is 2.31. The van der Waals surface area contributed by atoms with Crippen molar-refractivity contribution in [2.75, 3.05) is 4.90 Å². The number of nitrogens with zero attached hydrogens (tertiary/aromatic N) is 2. The summed E-state index contributed by atoms with van der Waals surface area (Å²) in [5.74, 6) is -0.967. The number of amides is 2. The molecule has 0 bridgehead atoms. The maximum absolute atomic E-state index is 12.6. The van der Waals surface area contributed by atoms with Crippen molar-refractivity contribution >= 4 is 23.2 Å². The van der Waals surface area contributed by atoms with Crippen molar-refractivity contribution in [3.8, 4) is 0 Å². The van der Waals surface area contributed by atoms with Crippen LogP contribution in [0.3, 0.4) is 0 Å². The van der Waals surface area contributed by atoms with E-state index in [-0.39, 0.29) is 16.8 Å². The number of hydrogen-bond donors (Lipinski definition) is 0. The van der Waals surface area contributed by atoms with Gasteiger partial charge >= 0.3 is 0 Å². The van der Waals surface area contributed by atoms with Gasteiger partial charge < -0.3 is 0 Å². The van der Waals surface area contributed by atoms with Crippen LogP contribution in [0.15, 0.2) is 42.5 Å². The van der Waals surface area contributed by atoms with Gasteiger partial charge in [0.25, 0.3) is 17.5 Å². The maximum Gasteiger partial charge on any atom is 0.270 e. The molecule has 0 aromatic heterocycles. The summed E-state index contributed by atoms with van der Waals surface area (Å²) in [5, 5.41) is 10.9. The van der Waals surface area contributed by atoms with Crippen molar-refractivity contribution in [2.45, 2.75) is 51.9 Å². The van der Waals surface area contributed by atoms with Gasteiger partial charge in [0.15, 0.2) is 0 Å². The molecule has 1 aliphatic rings. The number of aryl methyl sites for hydroxylation is 1. The van der Waals surface area contributed by atoms with Crippen LogP contribution in [-0.4, -0.2) is 16.7 Å². The molecule has 28 heavy (non-hydrogen) atoms. The number of non-ortho nitro benzene ring substituents is 1. The Morgan fingerprint density at radius 3 is 2.18 bits per heavy atom. The molecule has 0 aliphatic carbocycles. The molecule has 1 heterocycles. The molecule has 0 saturated carbocycles. The first-order valence-electron chi connectivity index (χ1n) is 9.79. The first kappa shape index (κ1) is 19.7. The summed E-state index contributed by atoms with van der Waals surface area (Å²) in [7, 11) is 0. The van der Waals surface area contributed by atoms with Crippen molar-refractivity contribution in [3.05, 3.63) is 69.3 Å². The summed E-state index contributed by atoms with van der Waals surface area (Å²) >= 11 is 0. The second-order valence-corrected chi connectivity index (χ2v) is 7.12. The number of rotatable bonds is 9. The number of nitro benzene ring substituents is 1. The normalized spacial score (nSPS) is 13.1. The third-order valence-corrected chi connectivity index (χ3v) is 5.09. The van der Waals surface area contributed by atoms with Crippen LogP contribution in [0.5, 0.6) is 0 Å². The summed E-state index contributed by atoms with van der Waals surface area (Å²) in [6, 6.07) is 11.2. The van der Waals surface area contributed by atoms with Crippen LogP contribution >= 0.6 is 0 Å². The zero-order valence-electron chi connectivity index (χ0n) is 16.0. The second-order valence-electron chi connectivity index (χ2n) is 7.12. The number of imide groups is 1. The predicted octanol–water partition coefficient (Wildman–Crippen LogP) is 5.30. The molecule has 146 valence electrons. The van der Waals surface area contributed by atoms with Crippen LogP contribution in [-0.2, 0) is 6.42 Å². The first-order chi connectivity index (χ1) is 13.5. The number of benzene rings is 2. The van der Waals surface area contributed by atoms with Crippen molar-refractivity contribution in [1.29, 1.82) is 0 Å². The molecule has 1 aliphatic heterocycles. The van der Waals surface area contributed by atoms with Gasteiger partial charge in [0, 0.05) is 12.1 Å². The molecule has 0 saturated heterocycles. The van der Waals surface area contributed by atoms with Crippen molar-refractivity contribution in [1.82, 2.24) is 0 Å². The summed E-state index contributed by atoms with van der Waals surface area (Å²) in [4.78, 5) is 36.7. The van der Waals surface area contributed by atoms with E-state index in [0.717, 1.165) is 17.7 Å². The van der Waals surface area contributed by atoms with Crippen LogP contribution in [0, 0.1) is 10.1 Å². The molecule has 0 atom stereocenters. The van der Waals surface area contributed by atoms with E-state index in [1.807, 2.05) is 12.1 Å². The van der Waals surface area contributed by atoms with E-state index in [4.69, 9.17) is 0 Å². The Bertz CT molecular complexity index is 890. The van der Waals surface area contributed by atoms with Gasteiger partial charge in [0.2, 0.25) is 0 Å². The van der Waals surface area contributed by atoms with Crippen LogP contribution in [0.25, 0.3) is 0 Å². The Hall–Kier alpha value is -3.02. The number of fused-ring (bicyclic) bond motifs is 1. The molecule has 0 radical (unpaired) electrons. The van der Waals surface area contributed by atoms with Gasteiger partial charge in [0.05, 0.1) is 21.7 Å². The maximum atomic E-state index is 12.6. The van der Waals surface area contributed by atoms with E-state index in [1.165, 1.54) is 55.9 Å². The van der Waals surface area contributed by atoms with E-state index in [2.05, 4.69) is 6.92 Å². The molecule has 0 fully saturated rings. The first-order valence-corrected chi connectivity index (χ1v) is 9.79. The van der Waals surface area contributed by atoms with Gasteiger partial charge in [-0.3, -0.25) is 19.7 Å². The quantitative estimate of drug-likeness (QED) is 0.256. The Morgan fingerprint density at radius 2 is 1.50 bits per heavy atom. The summed E-state index contributed by atoms with van der Waals surface area (Å²) in [6.45, 7) is 2.21. The molecule has 0 N–H and O–H groups in total. The smallest absolute Gasteiger partial charge is 0.268 e. The van der Waals surface area contributed by atoms with Crippen molar-refractivity contribution < 1.29 is 14.5 Å². The summed E-state index contributed by atoms with van der Waals surface area (Å²) in [5.41, 5.74) is 1.74. The molecule has 0 spiro atoms. The third kappa shape index (κ3) is 4.11. The molecule has 2 amide bonds. The fraction of sp³-hybridized carbons (Fsp3) is 0.364. The van der Waals surface area contributed by atoms with Crippen LogP contribution in [0.4, 0.5) is 11.4 Å². The number of nitro groups is 1. The fourth-order valence-corrected chi connectivity index (χ4v) is 3.50. The van der Waals surface area contributed by atoms with Crippen molar-refractivity contribution in [3.63, 3.8) is 0 Å². The van der Waals surface area contributed by atoms with Gasteiger partial charge in [-0.05, 0) is 36.6 Å². The highest BCUT2D eigenvalue weighted by Gasteiger charge is 2.37. The average Bonchev–Trinajstić information content (AvgIpc) is 2.95. The zero-order chi connectivity index (χ0) is 20.1. The molecule has 0 unspecified atom stereocenters. The van der Waals surface area contributed by atoms with Crippen LogP contribution in [0.1, 0.15) is 71.7 Å². The van der Waals surface area contributed by atoms with E-state index in [0.29, 0.717) is 5.69 Å². The van der Waals surface area contributed by atoms with Crippen molar-refractivity contribution in [2.24, 2.45) is 0 Å². The molecule has 2 aromatic rings. The topological polar surface area (TPSA) is 80.5 Å². The average molecular weight is 380 g/mol. The van der Waals surface area contributed by atoms with E-state index in [9.17, 15) is 19.7 Å². The van der Waals surface area contributed by atoms with Crippen LogP contribution < -0.4 is 4.90 Å². The minimum Gasteiger partial charge on any atom is -0.268 e. The lowest BCUT2D eigenvalue weighted by molar-refractivity contribution is -0.384. The number of carbonyl (C=O) groups is 2. The molecular formula is C22H24N2O4. The summed E-state index contributed by atoms with van der Waals surface area (Å²) in [6.07, 6.45) is 8.38. The summed E-state index contributed by atoms with van der Waals surface area (Å²) < 4.78 is 0. The zero-order valence-corrected chi connectivity index (χ0v) is 16.0. The third-order valence-electron chi connectivity index (χ3n) is 5.09. The van der Waals surface area contributed by atoms with Gasteiger partial charge in [-0.1, -0.05) is 51.2 Å². The molecule has 3 rings (SSSR count). The Balaban J connectivity index is 1.66. The van der Waals surface area contributed by atoms with Gasteiger partial charge in [-0.15, -0.1) is 0 Å². The van der Waals surface area contributed by atoms with Gasteiger partial charge in [-0.25, -0.2) is 4.90 Å². The number of carbonyl (C=O) groups excluding carboxylic acids is 2. The molecule has 2 aromatic carbocycles. The highest BCUT2D eigenvalue weighted by atomic mass is 16.6. The second kappa shape index (κ2) is 8.78. The minimum atomic E-state index is -0.572. The van der Waals surface area contributed by atoms with E-state index < -0.39 is 16.7 Å². The largest absolute Gasteiger partial charge is 0.270 e. The van der Waals surface area contributed by atoms with Gasteiger partial charge in [0.1, 0.15) is 0 Å². The van der Waals surface area contributed by atoms with E-state index >= 15 is 0 Å². The lowest BCUT2D eigenvalue weighted by Crippen LogP contribution is -2.29. The molecular weight excluding hydrogens is 356 g/mol. The number of unbranched alkanes of at least 4 members (excludes halogenated alkanes) is 5. The lowest BCUT2D eigenvalue weighted by Gasteiger charge is -2.14. The SMILES string of the molecule is CCCCCCCCc1ccc(N2C(=O)c3ccc([N+](=O)[O-])cc3C2=O)cc1. The number of anilines is 1. The Labute approximate surface area is 164 Å². The standard InChI is InChI=1S/C22H24N2O4/c1-2-3-4-5-6-7-8-16-9-11-17(12-10-16)23-21(25)19-14-13-18(24(27)28)15-20(19)22(23)26/h9-15H,2-8H2,1H3. The molecule has 6 heteroatoms. The predicted molar refractivity (Wildman–Crippen MR) is 108 cm³/mol. The Kier molecular flexibility index (Phi) is 6.19. The van der Waals surface area contributed by atoms with Crippen LogP contribution in [0.2, 0.25) is 0 Å². The molecule has 6 nitrogen and oxygen atoms in total. The fourth-order valence-electron chi connectivity index (χ4n) is 3.50. The minimum absolute atomic E-state index is 0.0790. The van der Waals surface area contributed by atoms with Gasteiger partial charge in [-0.2, -0.15) is 0 Å². The Morgan fingerprint density at radius 1 is 0.857 bits per heavy atom. The highest BCUT2D eigenvalue weighted by molar-refractivity contribution is 6.34. The van der Waals surface area contributed by atoms with E-state index in [1.54, 1.807) is 12.1 Å². The monoisotopic (exact) mass is 380 g/mol. The number of hydrogen-bond acceptors (Lipinski definition) is 4.